The molecule has 0 aliphatic carbocycles. The Morgan fingerprint density at radius 3 is 2.55 bits per heavy atom. The van der Waals surface area contributed by atoms with Gasteiger partial charge in [0.05, 0.1) is 7.11 Å². The lowest BCUT2D eigenvalue weighted by Crippen LogP contribution is -2.27. The van der Waals surface area contributed by atoms with Gasteiger partial charge < -0.3 is 15.4 Å². The third kappa shape index (κ3) is 2.74. The van der Waals surface area contributed by atoms with E-state index in [4.69, 9.17) is 10.5 Å². The van der Waals surface area contributed by atoms with Crippen LogP contribution in [0.4, 0.5) is 11.4 Å². The standard InChI is InChI=1S/C16H18N2O2/c1-11-6-4-5-7-15(11)18(2)16(19)12-8-13(17)10-14(9-12)20-3/h4-10H,17H2,1-3H3. The van der Waals surface area contributed by atoms with E-state index in [1.54, 1.807) is 37.3 Å². The summed E-state index contributed by atoms with van der Waals surface area (Å²) >= 11 is 0. The van der Waals surface area contributed by atoms with Crippen LogP contribution in [0, 0.1) is 6.92 Å². The van der Waals surface area contributed by atoms with Gasteiger partial charge in [0.25, 0.3) is 5.91 Å². The van der Waals surface area contributed by atoms with Gasteiger partial charge >= 0.3 is 0 Å². The van der Waals surface area contributed by atoms with E-state index < -0.39 is 0 Å². The minimum Gasteiger partial charge on any atom is -0.497 e. The van der Waals surface area contributed by atoms with Crippen molar-refractivity contribution >= 4 is 17.3 Å². The Labute approximate surface area is 118 Å². The number of nitrogen functional groups attached to an aromatic ring is 1. The van der Waals surface area contributed by atoms with E-state index in [-0.39, 0.29) is 5.91 Å². The molecule has 0 unspecified atom stereocenters. The second-order valence-corrected chi connectivity index (χ2v) is 4.65. The highest BCUT2D eigenvalue weighted by atomic mass is 16.5. The zero-order valence-corrected chi connectivity index (χ0v) is 11.9. The average molecular weight is 270 g/mol. The number of benzene rings is 2. The van der Waals surface area contributed by atoms with Gasteiger partial charge in [-0.1, -0.05) is 18.2 Å². The Kier molecular flexibility index (Phi) is 3.94. The monoisotopic (exact) mass is 270 g/mol. The SMILES string of the molecule is COc1cc(N)cc(C(=O)N(C)c2ccccc2C)c1. The van der Waals surface area contributed by atoms with Crippen LogP contribution in [-0.4, -0.2) is 20.1 Å². The summed E-state index contributed by atoms with van der Waals surface area (Å²) in [7, 11) is 3.30. The van der Waals surface area contributed by atoms with Crippen LogP contribution in [-0.2, 0) is 0 Å². The first kappa shape index (κ1) is 13.9. The number of carbonyl (C=O) groups excluding carboxylic acids is 1. The first-order chi connectivity index (χ1) is 9.52. The van der Waals surface area contributed by atoms with Crippen molar-refractivity contribution in [2.45, 2.75) is 6.92 Å². The minimum absolute atomic E-state index is 0.120. The number of methoxy groups -OCH3 is 1. The summed E-state index contributed by atoms with van der Waals surface area (Å²) in [6.45, 7) is 1.97. The maximum absolute atomic E-state index is 12.5. The van der Waals surface area contributed by atoms with Gasteiger partial charge in [-0.3, -0.25) is 4.79 Å². The molecule has 2 N–H and O–H groups in total. The molecule has 20 heavy (non-hydrogen) atoms. The molecule has 1 amide bonds. The zero-order valence-electron chi connectivity index (χ0n) is 11.9. The van der Waals surface area contributed by atoms with E-state index in [9.17, 15) is 4.79 Å². The topological polar surface area (TPSA) is 55.6 Å². The first-order valence-electron chi connectivity index (χ1n) is 6.31. The average Bonchev–Trinajstić information content (AvgIpc) is 2.45. The lowest BCUT2D eigenvalue weighted by Gasteiger charge is -2.20. The molecule has 4 heteroatoms. The van der Waals surface area contributed by atoms with Crippen molar-refractivity contribution in [3.63, 3.8) is 0 Å². The first-order valence-corrected chi connectivity index (χ1v) is 6.31. The molecule has 0 spiro atoms. The number of para-hydroxylation sites is 1. The van der Waals surface area contributed by atoms with Crippen molar-refractivity contribution in [3.05, 3.63) is 53.6 Å². The van der Waals surface area contributed by atoms with E-state index >= 15 is 0 Å². The van der Waals surface area contributed by atoms with Gasteiger partial charge in [-0.25, -0.2) is 0 Å². The molecule has 0 saturated heterocycles. The number of hydrogen-bond acceptors (Lipinski definition) is 3. The summed E-state index contributed by atoms with van der Waals surface area (Å²) in [5.74, 6) is 0.455. The number of nitrogens with zero attached hydrogens (tertiary/aromatic N) is 1. The minimum atomic E-state index is -0.120. The molecule has 0 aliphatic rings. The molecule has 0 aliphatic heterocycles. The van der Waals surface area contributed by atoms with E-state index in [0.717, 1.165) is 11.3 Å². The Hall–Kier alpha value is -2.49. The smallest absolute Gasteiger partial charge is 0.258 e. The molecule has 0 bridgehead atoms. The fourth-order valence-corrected chi connectivity index (χ4v) is 2.11. The summed E-state index contributed by atoms with van der Waals surface area (Å²) < 4.78 is 5.14. The van der Waals surface area contributed by atoms with Crippen LogP contribution in [0.25, 0.3) is 0 Å². The number of anilines is 2. The zero-order chi connectivity index (χ0) is 14.7. The van der Waals surface area contributed by atoms with E-state index in [0.29, 0.717) is 17.0 Å². The quantitative estimate of drug-likeness (QED) is 0.872. The number of hydrogen-bond donors (Lipinski definition) is 1. The predicted octanol–water partition coefficient (Wildman–Crippen LogP) is 2.86. The van der Waals surface area contributed by atoms with E-state index in [1.165, 1.54) is 0 Å². The van der Waals surface area contributed by atoms with Gasteiger partial charge in [0, 0.05) is 30.1 Å². The number of carbonyl (C=O) groups is 1. The van der Waals surface area contributed by atoms with Gasteiger partial charge in [0.15, 0.2) is 0 Å². The van der Waals surface area contributed by atoms with Crippen molar-refractivity contribution in [2.75, 3.05) is 24.8 Å². The normalized spacial score (nSPS) is 10.2. The van der Waals surface area contributed by atoms with Gasteiger partial charge in [-0.2, -0.15) is 0 Å². The maximum Gasteiger partial charge on any atom is 0.258 e. The van der Waals surface area contributed by atoms with Crippen molar-refractivity contribution < 1.29 is 9.53 Å². The maximum atomic E-state index is 12.5. The Morgan fingerprint density at radius 2 is 1.90 bits per heavy atom. The number of ether oxygens (including phenoxy) is 1. The number of nitrogens with two attached hydrogens (primary N) is 1. The van der Waals surface area contributed by atoms with Gasteiger partial charge in [-0.15, -0.1) is 0 Å². The van der Waals surface area contributed by atoms with Crippen LogP contribution in [0.2, 0.25) is 0 Å². The van der Waals surface area contributed by atoms with Crippen molar-refractivity contribution in [1.82, 2.24) is 0 Å². The van der Waals surface area contributed by atoms with Gasteiger partial charge in [0.2, 0.25) is 0 Å². The lowest BCUT2D eigenvalue weighted by molar-refractivity contribution is 0.0992. The molecule has 0 radical (unpaired) electrons. The number of aryl methyl sites for hydroxylation is 1. The largest absolute Gasteiger partial charge is 0.497 e. The molecule has 0 aromatic heterocycles. The molecular weight excluding hydrogens is 252 g/mol. The predicted molar refractivity (Wildman–Crippen MR) is 81.3 cm³/mol. The van der Waals surface area contributed by atoms with Crippen molar-refractivity contribution in [2.24, 2.45) is 0 Å². The highest BCUT2D eigenvalue weighted by Crippen LogP contribution is 2.23. The lowest BCUT2D eigenvalue weighted by atomic mass is 10.1. The van der Waals surface area contributed by atoms with E-state index in [2.05, 4.69) is 0 Å². The number of amides is 1. The Morgan fingerprint density at radius 1 is 1.20 bits per heavy atom. The second kappa shape index (κ2) is 5.65. The molecule has 2 aromatic rings. The van der Waals surface area contributed by atoms with E-state index in [1.807, 2.05) is 31.2 Å². The van der Waals surface area contributed by atoms with Gasteiger partial charge in [0.1, 0.15) is 5.75 Å². The molecule has 0 atom stereocenters. The Bertz CT molecular complexity index is 638. The summed E-state index contributed by atoms with van der Waals surface area (Å²) in [5, 5.41) is 0. The molecule has 0 saturated carbocycles. The fourth-order valence-electron chi connectivity index (χ4n) is 2.11. The molecular formula is C16H18N2O2. The van der Waals surface area contributed by atoms with Gasteiger partial charge in [-0.05, 0) is 30.7 Å². The summed E-state index contributed by atoms with van der Waals surface area (Å²) in [4.78, 5) is 14.1. The van der Waals surface area contributed by atoms with Crippen molar-refractivity contribution in [3.8, 4) is 5.75 Å². The van der Waals surface area contributed by atoms with Crippen LogP contribution in [0.15, 0.2) is 42.5 Å². The molecule has 0 fully saturated rings. The Balaban J connectivity index is 2.36. The summed E-state index contributed by atoms with van der Waals surface area (Å²) in [5.41, 5.74) is 8.72. The number of rotatable bonds is 3. The van der Waals surface area contributed by atoms with Crippen molar-refractivity contribution in [1.29, 1.82) is 0 Å². The highest BCUT2D eigenvalue weighted by Gasteiger charge is 2.16. The molecule has 2 aromatic carbocycles. The van der Waals surface area contributed by atoms with Crippen LogP contribution < -0.4 is 15.4 Å². The molecule has 0 heterocycles. The van der Waals surface area contributed by atoms with Crippen LogP contribution in [0.1, 0.15) is 15.9 Å². The third-order valence-electron chi connectivity index (χ3n) is 3.19. The fraction of sp³-hybridized carbons (Fsp3) is 0.188. The summed E-state index contributed by atoms with van der Waals surface area (Å²) in [6.07, 6.45) is 0. The second-order valence-electron chi connectivity index (χ2n) is 4.65. The van der Waals surface area contributed by atoms with Crippen LogP contribution in [0.5, 0.6) is 5.75 Å². The highest BCUT2D eigenvalue weighted by molar-refractivity contribution is 6.06. The molecule has 4 nitrogen and oxygen atoms in total. The molecule has 2 rings (SSSR count). The summed E-state index contributed by atoms with van der Waals surface area (Å²) in [6, 6.07) is 12.8. The van der Waals surface area contributed by atoms with Crippen LogP contribution >= 0.6 is 0 Å². The molecule has 104 valence electrons. The van der Waals surface area contributed by atoms with Crippen LogP contribution in [0.3, 0.4) is 0 Å². The third-order valence-corrected chi connectivity index (χ3v) is 3.19.